The number of hydrogen-bond acceptors (Lipinski definition) is 5. The smallest absolute Gasteiger partial charge is 0.239 e. The lowest BCUT2D eigenvalue weighted by molar-refractivity contribution is -0.127. The van der Waals surface area contributed by atoms with Crippen molar-refractivity contribution in [3.63, 3.8) is 0 Å². The van der Waals surface area contributed by atoms with Gasteiger partial charge in [0.05, 0.1) is 13.2 Å². The number of carbonyl (C=O) groups is 1. The van der Waals surface area contributed by atoms with E-state index in [4.69, 9.17) is 9.26 Å². The molecule has 0 aliphatic carbocycles. The maximum Gasteiger partial charge on any atom is 0.239 e. The Morgan fingerprint density at radius 3 is 3.00 bits per heavy atom. The minimum atomic E-state index is -0.352. The van der Waals surface area contributed by atoms with Gasteiger partial charge in [-0.25, -0.2) is 0 Å². The van der Waals surface area contributed by atoms with E-state index in [1.807, 2.05) is 0 Å². The zero-order chi connectivity index (χ0) is 9.26. The first-order valence-corrected chi connectivity index (χ1v) is 4.18. The summed E-state index contributed by atoms with van der Waals surface area (Å²) in [5.41, 5.74) is 0. The quantitative estimate of drug-likeness (QED) is 0.630. The molecule has 1 aliphatic rings. The number of Topliss-reactive ketones (excluding diaryl/α,β-unsaturated/α-hetero) is 1. The summed E-state index contributed by atoms with van der Waals surface area (Å²) in [5, 5.41) is 3.63. The molecule has 70 valence electrons. The van der Waals surface area contributed by atoms with Crippen LogP contribution in [-0.4, -0.2) is 29.1 Å². The van der Waals surface area contributed by atoms with Crippen LogP contribution in [0, 0.1) is 6.92 Å². The van der Waals surface area contributed by atoms with E-state index in [2.05, 4.69) is 10.1 Å². The van der Waals surface area contributed by atoms with Crippen LogP contribution in [0.2, 0.25) is 0 Å². The Balaban J connectivity index is 2.19. The third kappa shape index (κ3) is 1.60. The van der Waals surface area contributed by atoms with Gasteiger partial charge in [0.25, 0.3) is 0 Å². The Kier molecular flexibility index (Phi) is 2.10. The minimum absolute atomic E-state index is 0.120. The number of hydrogen-bond donors (Lipinski definition) is 0. The van der Waals surface area contributed by atoms with Gasteiger partial charge in [0.2, 0.25) is 5.89 Å². The number of ether oxygens (including phenoxy) is 1. The fraction of sp³-hybridized carbons (Fsp3) is 0.625. The molecule has 1 fully saturated rings. The highest BCUT2D eigenvalue weighted by molar-refractivity contribution is 5.85. The lowest BCUT2D eigenvalue weighted by Crippen LogP contribution is -2.25. The first-order chi connectivity index (χ1) is 6.27. The Morgan fingerprint density at radius 2 is 2.38 bits per heavy atom. The molecule has 1 unspecified atom stereocenters. The van der Waals surface area contributed by atoms with Gasteiger partial charge in [-0.3, -0.25) is 4.79 Å². The lowest BCUT2D eigenvalue weighted by Gasteiger charge is -2.16. The summed E-state index contributed by atoms with van der Waals surface area (Å²) >= 11 is 0. The van der Waals surface area contributed by atoms with E-state index in [9.17, 15) is 4.79 Å². The van der Waals surface area contributed by atoms with E-state index in [1.165, 1.54) is 0 Å². The Morgan fingerprint density at radius 1 is 1.54 bits per heavy atom. The number of ketones is 1. The predicted molar refractivity (Wildman–Crippen MR) is 42.2 cm³/mol. The van der Waals surface area contributed by atoms with Gasteiger partial charge < -0.3 is 9.26 Å². The van der Waals surface area contributed by atoms with Gasteiger partial charge in [-0.2, -0.15) is 4.98 Å². The van der Waals surface area contributed by atoms with Crippen molar-refractivity contribution in [2.45, 2.75) is 19.3 Å². The summed E-state index contributed by atoms with van der Waals surface area (Å²) in [6.07, 6.45) is 0.437. The zero-order valence-electron chi connectivity index (χ0n) is 7.32. The molecule has 2 heterocycles. The van der Waals surface area contributed by atoms with E-state index in [0.717, 1.165) is 0 Å². The number of carbonyl (C=O) groups excluding carboxylic acids is 1. The molecule has 5 heteroatoms. The van der Waals surface area contributed by atoms with Crippen molar-refractivity contribution in [1.82, 2.24) is 10.1 Å². The first-order valence-electron chi connectivity index (χ1n) is 4.18. The molecule has 0 spiro atoms. The molecule has 13 heavy (non-hydrogen) atoms. The molecule has 0 saturated carbocycles. The molecule has 5 nitrogen and oxygen atoms in total. The van der Waals surface area contributed by atoms with Crippen LogP contribution < -0.4 is 0 Å². The fourth-order valence-corrected chi connectivity index (χ4v) is 1.30. The van der Waals surface area contributed by atoms with E-state index in [1.54, 1.807) is 6.92 Å². The molecule has 0 radical (unpaired) electrons. The summed E-state index contributed by atoms with van der Waals surface area (Å²) in [5.74, 6) is 0.695. The van der Waals surface area contributed by atoms with Crippen molar-refractivity contribution in [2.75, 3.05) is 13.2 Å². The number of aryl methyl sites for hydroxylation is 1. The second kappa shape index (κ2) is 3.26. The molecule has 0 bridgehead atoms. The molecule has 2 rings (SSSR count). The topological polar surface area (TPSA) is 65.2 Å². The van der Waals surface area contributed by atoms with Crippen LogP contribution in [0.4, 0.5) is 0 Å². The highest BCUT2D eigenvalue weighted by Gasteiger charge is 2.29. The van der Waals surface area contributed by atoms with Crippen LogP contribution in [-0.2, 0) is 9.53 Å². The summed E-state index contributed by atoms with van der Waals surface area (Å²) in [6.45, 7) is 2.59. The SMILES string of the molecule is Cc1noc(C2COCCC2=O)n1. The van der Waals surface area contributed by atoms with E-state index in [-0.39, 0.29) is 11.7 Å². The molecule has 1 aromatic heterocycles. The third-order valence-electron chi connectivity index (χ3n) is 2.01. The minimum Gasteiger partial charge on any atom is -0.380 e. The van der Waals surface area contributed by atoms with Crippen molar-refractivity contribution in [1.29, 1.82) is 0 Å². The number of aromatic nitrogens is 2. The zero-order valence-corrected chi connectivity index (χ0v) is 7.32. The third-order valence-corrected chi connectivity index (χ3v) is 2.01. The summed E-state index contributed by atoms with van der Waals surface area (Å²) in [6, 6.07) is 0. The predicted octanol–water partition coefficient (Wildman–Crippen LogP) is 0.451. The van der Waals surface area contributed by atoms with Gasteiger partial charge in [-0.15, -0.1) is 0 Å². The van der Waals surface area contributed by atoms with Crippen LogP contribution in [0.3, 0.4) is 0 Å². The standard InChI is InChI=1S/C8H10N2O3/c1-5-9-8(13-10-5)6-4-12-3-2-7(6)11/h6H,2-4H2,1H3. The van der Waals surface area contributed by atoms with Gasteiger partial charge in [0.15, 0.2) is 5.82 Å². The molecule has 1 aliphatic heterocycles. The van der Waals surface area contributed by atoms with E-state index >= 15 is 0 Å². The maximum absolute atomic E-state index is 11.4. The maximum atomic E-state index is 11.4. The Labute approximate surface area is 75.1 Å². The Hall–Kier alpha value is -1.23. The molecular weight excluding hydrogens is 172 g/mol. The molecular formula is C8H10N2O3. The van der Waals surface area contributed by atoms with Gasteiger partial charge in [-0.1, -0.05) is 5.16 Å². The van der Waals surface area contributed by atoms with Crippen molar-refractivity contribution in [3.8, 4) is 0 Å². The van der Waals surface area contributed by atoms with Crippen molar-refractivity contribution in [3.05, 3.63) is 11.7 Å². The second-order valence-corrected chi connectivity index (χ2v) is 3.02. The van der Waals surface area contributed by atoms with Gasteiger partial charge in [-0.05, 0) is 6.92 Å². The first kappa shape index (κ1) is 8.37. The highest BCUT2D eigenvalue weighted by atomic mass is 16.5. The Bertz CT molecular complexity index is 321. The van der Waals surface area contributed by atoms with Crippen LogP contribution in [0.1, 0.15) is 24.1 Å². The van der Waals surface area contributed by atoms with Crippen LogP contribution in [0.15, 0.2) is 4.52 Å². The molecule has 0 amide bonds. The van der Waals surface area contributed by atoms with E-state index in [0.29, 0.717) is 31.3 Å². The second-order valence-electron chi connectivity index (χ2n) is 3.02. The summed E-state index contributed by atoms with van der Waals surface area (Å²) < 4.78 is 10.1. The number of rotatable bonds is 1. The monoisotopic (exact) mass is 182 g/mol. The largest absolute Gasteiger partial charge is 0.380 e. The van der Waals surface area contributed by atoms with Crippen LogP contribution in [0.5, 0.6) is 0 Å². The van der Waals surface area contributed by atoms with Crippen molar-refractivity contribution >= 4 is 5.78 Å². The molecule has 0 N–H and O–H groups in total. The average Bonchev–Trinajstić information content (AvgIpc) is 2.53. The molecule has 0 aromatic carbocycles. The fourth-order valence-electron chi connectivity index (χ4n) is 1.30. The van der Waals surface area contributed by atoms with Crippen LogP contribution in [0.25, 0.3) is 0 Å². The highest BCUT2D eigenvalue weighted by Crippen LogP contribution is 2.20. The van der Waals surface area contributed by atoms with Crippen molar-refractivity contribution in [2.24, 2.45) is 0 Å². The molecule has 1 saturated heterocycles. The van der Waals surface area contributed by atoms with Gasteiger partial charge in [0, 0.05) is 6.42 Å². The lowest BCUT2D eigenvalue weighted by atomic mass is 10.0. The summed E-state index contributed by atoms with van der Waals surface area (Å²) in [4.78, 5) is 15.4. The van der Waals surface area contributed by atoms with Crippen LogP contribution >= 0.6 is 0 Å². The van der Waals surface area contributed by atoms with Gasteiger partial charge >= 0.3 is 0 Å². The van der Waals surface area contributed by atoms with Gasteiger partial charge in [0.1, 0.15) is 11.7 Å². The van der Waals surface area contributed by atoms with E-state index < -0.39 is 0 Å². The normalized spacial score (nSPS) is 23.5. The summed E-state index contributed by atoms with van der Waals surface area (Å²) in [7, 11) is 0. The average molecular weight is 182 g/mol. The molecule has 1 aromatic rings. The van der Waals surface area contributed by atoms with Crippen molar-refractivity contribution < 1.29 is 14.1 Å². The molecule has 1 atom stereocenters. The number of nitrogens with zero attached hydrogens (tertiary/aromatic N) is 2.